The molecule has 2 heterocycles. The van der Waals surface area contributed by atoms with Gasteiger partial charge in [0, 0.05) is 18.8 Å². The number of carbonyl (C=O) groups is 2. The summed E-state index contributed by atoms with van der Waals surface area (Å²) in [6.07, 6.45) is 0. The number of methoxy groups -OCH3 is 2. The number of carbonyl (C=O) groups excluding carboxylic acids is 2. The van der Waals surface area contributed by atoms with Crippen LogP contribution in [0.5, 0.6) is 0 Å². The van der Waals surface area contributed by atoms with Gasteiger partial charge in [0.25, 0.3) is 0 Å². The Balaban J connectivity index is 2.21. The first-order chi connectivity index (χ1) is 13.5. The second-order valence-corrected chi connectivity index (χ2v) is 6.16. The summed E-state index contributed by atoms with van der Waals surface area (Å²) < 4.78 is 18.5. The zero-order chi connectivity index (χ0) is 20.4. The number of aryl methyl sites for hydroxylation is 2. The average molecular weight is 389 g/mol. The van der Waals surface area contributed by atoms with Crippen LogP contribution in [-0.4, -0.2) is 48.6 Å². The van der Waals surface area contributed by atoms with Gasteiger partial charge in [-0.2, -0.15) is 0 Å². The van der Waals surface area contributed by atoms with Gasteiger partial charge in [-0.3, -0.25) is 9.13 Å². The van der Waals surface area contributed by atoms with Gasteiger partial charge >= 0.3 is 17.6 Å². The number of aromatic nitrogens is 2. The van der Waals surface area contributed by atoms with Gasteiger partial charge in [0.1, 0.15) is 12.4 Å². The molecule has 1 aliphatic rings. The summed E-state index contributed by atoms with van der Waals surface area (Å²) in [5.41, 5.74) is 2.20. The van der Waals surface area contributed by atoms with Crippen molar-refractivity contribution >= 4 is 28.7 Å². The minimum Gasteiger partial charge on any atom is -0.466 e. The van der Waals surface area contributed by atoms with Crippen LogP contribution in [0.3, 0.4) is 0 Å². The van der Waals surface area contributed by atoms with Crippen molar-refractivity contribution in [1.29, 1.82) is 0 Å². The van der Waals surface area contributed by atoms with Crippen LogP contribution in [0.25, 0.3) is 11.0 Å². The van der Waals surface area contributed by atoms with E-state index in [9.17, 15) is 14.4 Å². The summed E-state index contributed by atoms with van der Waals surface area (Å²) in [5.74, 6) is -1.32. The Kier molecular flexibility index (Phi) is 5.55. The Hall–Kier alpha value is -3.07. The van der Waals surface area contributed by atoms with E-state index in [-0.39, 0.29) is 30.3 Å². The predicted molar refractivity (Wildman–Crippen MR) is 102 cm³/mol. The van der Waals surface area contributed by atoms with Crippen molar-refractivity contribution in [2.24, 2.45) is 0 Å². The van der Waals surface area contributed by atoms with E-state index < -0.39 is 11.9 Å². The number of ether oxygens (including phenoxy) is 3. The van der Waals surface area contributed by atoms with Gasteiger partial charge in [0.05, 0.1) is 37.4 Å². The molecule has 2 aromatic rings. The van der Waals surface area contributed by atoms with E-state index >= 15 is 0 Å². The molecule has 0 saturated carbocycles. The first-order valence-electron chi connectivity index (χ1n) is 8.96. The lowest BCUT2D eigenvalue weighted by Gasteiger charge is -2.31. The summed E-state index contributed by atoms with van der Waals surface area (Å²) in [6, 6.07) is 5.41. The van der Waals surface area contributed by atoms with Gasteiger partial charge in [-0.05, 0) is 32.0 Å². The summed E-state index contributed by atoms with van der Waals surface area (Å²) >= 11 is 0. The standard InChI is InChI=1S/C19H23N3O6/c1-5-20-14-8-7-12(9-15(14)21(6-2)19(20)25)22-11-28-10-13(17(23)26-3)16(22)18(24)27-4/h7-9H,5-6,10-11H2,1-4H3. The number of hydrogen-bond donors (Lipinski definition) is 0. The quantitative estimate of drug-likeness (QED) is 0.711. The lowest BCUT2D eigenvalue weighted by atomic mass is 10.1. The van der Waals surface area contributed by atoms with Crippen LogP contribution in [0.4, 0.5) is 5.69 Å². The van der Waals surface area contributed by atoms with Crippen LogP contribution in [-0.2, 0) is 36.9 Å². The number of anilines is 1. The number of nitrogens with zero attached hydrogens (tertiary/aromatic N) is 3. The molecule has 3 rings (SSSR count). The van der Waals surface area contributed by atoms with Crippen LogP contribution >= 0.6 is 0 Å². The highest BCUT2D eigenvalue weighted by Gasteiger charge is 2.32. The molecule has 0 unspecified atom stereocenters. The second kappa shape index (κ2) is 7.89. The third kappa shape index (κ3) is 3.07. The highest BCUT2D eigenvalue weighted by atomic mass is 16.5. The molecule has 9 heteroatoms. The fourth-order valence-electron chi connectivity index (χ4n) is 3.43. The van der Waals surface area contributed by atoms with Gasteiger partial charge in [-0.1, -0.05) is 0 Å². The van der Waals surface area contributed by atoms with Gasteiger partial charge < -0.3 is 19.1 Å². The maximum Gasteiger partial charge on any atom is 0.355 e. The largest absolute Gasteiger partial charge is 0.466 e. The fraction of sp³-hybridized carbons (Fsp3) is 0.421. The molecule has 0 amide bonds. The Morgan fingerprint density at radius 3 is 2.29 bits per heavy atom. The SMILES string of the molecule is CCn1c(=O)n(CC)c2cc(N3COCC(C(=O)OC)=C3C(=O)OC)ccc21. The van der Waals surface area contributed by atoms with E-state index in [1.54, 1.807) is 26.2 Å². The molecule has 28 heavy (non-hydrogen) atoms. The normalized spacial score (nSPS) is 14.5. The molecule has 0 radical (unpaired) electrons. The van der Waals surface area contributed by atoms with Crippen LogP contribution in [0.15, 0.2) is 34.3 Å². The zero-order valence-corrected chi connectivity index (χ0v) is 16.4. The number of fused-ring (bicyclic) bond motifs is 1. The summed E-state index contributed by atoms with van der Waals surface area (Å²) in [6.45, 7) is 4.87. The Labute approximate surface area is 161 Å². The molecule has 0 saturated heterocycles. The molecule has 1 aromatic carbocycles. The first-order valence-corrected chi connectivity index (χ1v) is 8.96. The Bertz CT molecular complexity index is 1020. The molecule has 0 spiro atoms. The molecule has 1 aromatic heterocycles. The van der Waals surface area contributed by atoms with Crippen molar-refractivity contribution < 1.29 is 23.8 Å². The maximum atomic E-state index is 12.6. The van der Waals surface area contributed by atoms with Crippen LogP contribution < -0.4 is 10.6 Å². The van der Waals surface area contributed by atoms with Crippen molar-refractivity contribution in [3.8, 4) is 0 Å². The van der Waals surface area contributed by atoms with Gasteiger partial charge in [0.15, 0.2) is 0 Å². The van der Waals surface area contributed by atoms with Crippen LogP contribution in [0.1, 0.15) is 13.8 Å². The van der Waals surface area contributed by atoms with E-state index in [0.29, 0.717) is 18.8 Å². The lowest BCUT2D eigenvalue weighted by molar-refractivity contribution is -0.140. The summed E-state index contributed by atoms with van der Waals surface area (Å²) in [5, 5.41) is 0. The Morgan fingerprint density at radius 2 is 1.68 bits per heavy atom. The molecule has 9 nitrogen and oxygen atoms in total. The van der Waals surface area contributed by atoms with E-state index in [1.165, 1.54) is 14.2 Å². The summed E-state index contributed by atoms with van der Waals surface area (Å²) in [4.78, 5) is 38.7. The number of imidazole rings is 1. The minimum absolute atomic E-state index is 0.0538. The molecular formula is C19H23N3O6. The van der Waals surface area contributed by atoms with Crippen molar-refractivity contribution in [1.82, 2.24) is 9.13 Å². The smallest absolute Gasteiger partial charge is 0.355 e. The topological polar surface area (TPSA) is 92.0 Å². The Morgan fingerprint density at radius 1 is 1.04 bits per heavy atom. The zero-order valence-electron chi connectivity index (χ0n) is 16.4. The van der Waals surface area contributed by atoms with Crippen molar-refractivity contribution in [2.45, 2.75) is 26.9 Å². The van der Waals surface area contributed by atoms with Crippen LogP contribution in [0, 0.1) is 0 Å². The second-order valence-electron chi connectivity index (χ2n) is 6.16. The van der Waals surface area contributed by atoms with Crippen molar-refractivity contribution in [2.75, 3.05) is 32.5 Å². The highest BCUT2D eigenvalue weighted by molar-refractivity contribution is 6.03. The molecule has 1 aliphatic heterocycles. The van der Waals surface area contributed by atoms with Gasteiger partial charge in [0.2, 0.25) is 0 Å². The van der Waals surface area contributed by atoms with E-state index in [2.05, 4.69) is 0 Å². The maximum absolute atomic E-state index is 12.6. The molecule has 0 bridgehead atoms. The van der Waals surface area contributed by atoms with Crippen molar-refractivity contribution in [3.05, 3.63) is 40.0 Å². The minimum atomic E-state index is -0.664. The van der Waals surface area contributed by atoms with E-state index in [4.69, 9.17) is 14.2 Å². The van der Waals surface area contributed by atoms with Crippen LogP contribution in [0.2, 0.25) is 0 Å². The average Bonchev–Trinajstić information content (AvgIpc) is 3.01. The number of benzene rings is 1. The molecular weight excluding hydrogens is 366 g/mol. The van der Waals surface area contributed by atoms with Crippen molar-refractivity contribution in [3.63, 3.8) is 0 Å². The summed E-state index contributed by atoms with van der Waals surface area (Å²) in [7, 11) is 2.49. The molecule has 0 atom stereocenters. The molecule has 0 aliphatic carbocycles. The highest BCUT2D eigenvalue weighted by Crippen LogP contribution is 2.29. The van der Waals surface area contributed by atoms with E-state index in [1.807, 2.05) is 19.9 Å². The fourth-order valence-corrected chi connectivity index (χ4v) is 3.43. The first kappa shape index (κ1) is 19.7. The number of esters is 2. The third-order valence-corrected chi connectivity index (χ3v) is 4.78. The monoisotopic (exact) mass is 389 g/mol. The van der Waals surface area contributed by atoms with E-state index in [0.717, 1.165) is 11.0 Å². The molecule has 150 valence electrons. The van der Waals surface area contributed by atoms with Gasteiger partial charge in [-0.25, -0.2) is 14.4 Å². The lowest BCUT2D eigenvalue weighted by Crippen LogP contribution is -2.38. The number of hydrogen-bond acceptors (Lipinski definition) is 7. The number of rotatable bonds is 5. The van der Waals surface area contributed by atoms with Gasteiger partial charge in [-0.15, -0.1) is 0 Å². The molecule has 0 N–H and O–H groups in total. The third-order valence-electron chi connectivity index (χ3n) is 4.78. The molecule has 0 fully saturated rings. The predicted octanol–water partition coefficient (Wildman–Crippen LogP) is 1.24.